The number of nitrogens with zero attached hydrogens (tertiary/aromatic N) is 1. The number of anilines is 3. The number of rotatable bonds is 3. The first-order valence-electron chi connectivity index (χ1n) is 9.97. The molecule has 0 atom stereocenters. The lowest BCUT2D eigenvalue weighted by molar-refractivity contribution is -0.115. The number of carbonyl (C=O) groups is 4. The van der Waals surface area contributed by atoms with E-state index in [1.165, 1.54) is 0 Å². The topological polar surface area (TPSA) is 95.6 Å². The van der Waals surface area contributed by atoms with E-state index in [-0.39, 0.29) is 11.8 Å². The van der Waals surface area contributed by atoms with Gasteiger partial charge in [-0.1, -0.05) is 18.2 Å². The maximum atomic E-state index is 12.8. The Balaban J connectivity index is 1.38. The van der Waals surface area contributed by atoms with Crippen LogP contribution in [0.3, 0.4) is 0 Å². The van der Waals surface area contributed by atoms with E-state index in [1.54, 1.807) is 72.4 Å². The Kier molecular flexibility index (Phi) is 4.99. The van der Waals surface area contributed by atoms with Crippen LogP contribution in [0.15, 0.2) is 71.6 Å². The van der Waals surface area contributed by atoms with E-state index in [0.29, 0.717) is 45.9 Å². The number of nitrogens with one attached hydrogen (secondary N) is 2. The zero-order valence-electron chi connectivity index (χ0n) is 16.8. The van der Waals surface area contributed by atoms with Gasteiger partial charge in [-0.05, 0) is 48.5 Å². The summed E-state index contributed by atoms with van der Waals surface area (Å²) in [6, 6.07) is 18.4. The SMILES string of the molecule is O=C1CCSc2ccc(C(=O)Nc3cccc(N4C(=O)c5ccccc5C4=O)c3)cc2N1. The smallest absolute Gasteiger partial charge is 0.266 e. The first-order valence-corrected chi connectivity index (χ1v) is 11.0. The average Bonchev–Trinajstić information content (AvgIpc) is 2.92. The molecule has 5 rings (SSSR count). The lowest BCUT2D eigenvalue weighted by Gasteiger charge is -2.15. The van der Waals surface area contributed by atoms with Crippen LogP contribution in [0.2, 0.25) is 0 Å². The predicted octanol–water partition coefficient (Wildman–Crippen LogP) is 4.17. The highest BCUT2D eigenvalue weighted by atomic mass is 32.2. The summed E-state index contributed by atoms with van der Waals surface area (Å²) in [6.45, 7) is 0. The lowest BCUT2D eigenvalue weighted by atomic mass is 10.1. The summed E-state index contributed by atoms with van der Waals surface area (Å²) in [4.78, 5) is 52.2. The molecule has 0 aliphatic carbocycles. The summed E-state index contributed by atoms with van der Waals surface area (Å²) < 4.78 is 0. The van der Waals surface area contributed by atoms with Gasteiger partial charge in [0, 0.05) is 28.3 Å². The molecule has 0 bridgehead atoms. The van der Waals surface area contributed by atoms with Crippen LogP contribution in [0, 0.1) is 0 Å². The van der Waals surface area contributed by atoms with Crippen molar-refractivity contribution in [1.29, 1.82) is 0 Å². The van der Waals surface area contributed by atoms with Gasteiger partial charge in [0.1, 0.15) is 0 Å². The summed E-state index contributed by atoms with van der Waals surface area (Å²) in [7, 11) is 0. The summed E-state index contributed by atoms with van der Waals surface area (Å²) in [5, 5.41) is 5.62. The molecule has 7 nitrogen and oxygen atoms in total. The Morgan fingerprint density at radius 3 is 2.41 bits per heavy atom. The van der Waals surface area contributed by atoms with Crippen molar-refractivity contribution in [3.05, 3.63) is 83.4 Å². The predicted molar refractivity (Wildman–Crippen MR) is 122 cm³/mol. The fraction of sp³-hybridized carbons (Fsp3) is 0.0833. The summed E-state index contributed by atoms with van der Waals surface area (Å²) >= 11 is 1.56. The van der Waals surface area contributed by atoms with E-state index >= 15 is 0 Å². The van der Waals surface area contributed by atoms with Crippen LogP contribution in [0.25, 0.3) is 0 Å². The van der Waals surface area contributed by atoms with Gasteiger partial charge < -0.3 is 10.6 Å². The van der Waals surface area contributed by atoms with Crippen LogP contribution in [-0.4, -0.2) is 29.4 Å². The minimum atomic E-state index is -0.395. The largest absolute Gasteiger partial charge is 0.325 e. The van der Waals surface area contributed by atoms with Crippen molar-refractivity contribution in [2.24, 2.45) is 0 Å². The normalized spacial score (nSPS) is 15.0. The van der Waals surface area contributed by atoms with Gasteiger partial charge >= 0.3 is 0 Å². The van der Waals surface area contributed by atoms with Crippen LogP contribution >= 0.6 is 11.8 Å². The summed E-state index contributed by atoms with van der Waals surface area (Å²) in [6.07, 6.45) is 0.422. The molecule has 0 fully saturated rings. The fourth-order valence-corrected chi connectivity index (χ4v) is 4.65. The number of amides is 4. The number of thioether (sulfide) groups is 1. The molecule has 158 valence electrons. The minimum Gasteiger partial charge on any atom is -0.325 e. The quantitative estimate of drug-likeness (QED) is 0.593. The van der Waals surface area contributed by atoms with Crippen LogP contribution in [0.4, 0.5) is 17.1 Å². The Labute approximate surface area is 187 Å². The highest BCUT2D eigenvalue weighted by Crippen LogP contribution is 2.32. The molecule has 0 radical (unpaired) electrons. The molecular formula is C24H17N3O4S. The van der Waals surface area contributed by atoms with E-state index in [1.807, 2.05) is 6.07 Å². The minimum absolute atomic E-state index is 0.0811. The molecule has 2 heterocycles. The van der Waals surface area contributed by atoms with E-state index in [4.69, 9.17) is 0 Å². The molecule has 3 aromatic carbocycles. The maximum absolute atomic E-state index is 12.8. The van der Waals surface area contributed by atoms with Crippen molar-refractivity contribution in [2.75, 3.05) is 21.3 Å². The van der Waals surface area contributed by atoms with Gasteiger partial charge in [-0.2, -0.15) is 0 Å². The molecule has 0 unspecified atom stereocenters. The molecule has 3 aromatic rings. The van der Waals surface area contributed by atoms with Gasteiger partial charge in [-0.3, -0.25) is 19.2 Å². The Bertz CT molecular complexity index is 1270. The van der Waals surface area contributed by atoms with Gasteiger partial charge in [0.15, 0.2) is 0 Å². The molecule has 32 heavy (non-hydrogen) atoms. The highest BCUT2D eigenvalue weighted by molar-refractivity contribution is 7.99. The average molecular weight is 443 g/mol. The number of imide groups is 1. The van der Waals surface area contributed by atoms with Crippen molar-refractivity contribution in [3.63, 3.8) is 0 Å². The number of hydrogen-bond acceptors (Lipinski definition) is 5. The van der Waals surface area contributed by atoms with Gasteiger partial charge in [0.2, 0.25) is 5.91 Å². The first kappa shape index (κ1) is 20.0. The van der Waals surface area contributed by atoms with Crippen molar-refractivity contribution in [2.45, 2.75) is 11.3 Å². The van der Waals surface area contributed by atoms with E-state index in [9.17, 15) is 19.2 Å². The highest BCUT2D eigenvalue weighted by Gasteiger charge is 2.36. The number of carbonyl (C=O) groups excluding carboxylic acids is 4. The molecule has 0 saturated carbocycles. The van der Waals surface area contributed by atoms with E-state index < -0.39 is 11.8 Å². The molecule has 2 aliphatic rings. The molecule has 2 N–H and O–H groups in total. The number of hydrogen-bond donors (Lipinski definition) is 2. The van der Waals surface area contributed by atoms with Crippen molar-refractivity contribution in [1.82, 2.24) is 0 Å². The third-order valence-corrected chi connectivity index (χ3v) is 6.33. The van der Waals surface area contributed by atoms with Gasteiger partial charge in [-0.25, -0.2) is 4.90 Å². The van der Waals surface area contributed by atoms with Crippen LogP contribution in [-0.2, 0) is 4.79 Å². The van der Waals surface area contributed by atoms with E-state index in [2.05, 4.69) is 10.6 Å². The molecule has 4 amide bonds. The van der Waals surface area contributed by atoms with Gasteiger partial charge in [0.05, 0.1) is 22.5 Å². The van der Waals surface area contributed by atoms with Crippen LogP contribution in [0.5, 0.6) is 0 Å². The second-order valence-electron chi connectivity index (χ2n) is 7.35. The fourth-order valence-electron chi connectivity index (χ4n) is 3.71. The Morgan fingerprint density at radius 1 is 0.906 bits per heavy atom. The molecule has 0 saturated heterocycles. The molecular weight excluding hydrogens is 426 g/mol. The molecule has 0 aromatic heterocycles. The zero-order chi connectivity index (χ0) is 22.2. The first-order chi connectivity index (χ1) is 15.5. The summed E-state index contributed by atoms with van der Waals surface area (Å²) in [5.74, 6) is -0.547. The zero-order valence-corrected chi connectivity index (χ0v) is 17.6. The van der Waals surface area contributed by atoms with Gasteiger partial charge in [-0.15, -0.1) is 11.8 Å². The van der Waals surface area contributed by atoms with Crippen LogP contribution in [0.1, 0.15) is 37.5 Å². The number of benzene rings is 3. The third-order valence-electron chi connectivity index (χ3n) is 5.26. The van der Waals surface area contributed by atoms with E-state index in [0.717, 1.165) is 9.80 Å². The Morgan fingerprint density at radius 2 is 1.66 bits per heavy atom. The van der Waals surface area contributed by atoms with Crippen molar-refractivity contribution < 1.29 is 19.2 Å². The van der Waals surface area contributed by atoms with Crippen molar-refractivity contribution in [3.8, 4) is 0 Å². The molecule has 2 aliphatic heterocycles. The van der Waals surface area contributed by atoms with Gasteiger partial charge in [0.25, 0.3) is 17.7 Å². The second-order valence-corrected chi connectivity index (χ2v) is 8.49. The second kappa shape index (κ2) is 7.97. The third kappa shape index (κ3) is 3.54. The monoisotopic (exact) mass is 443 g/mol. The molecule has 0 spiro atoms. The molecule has 8 heteroatoms. The van der Waals surface area contributed by atoms with Crippen LogP contribution < -0.4 is 15.5 Å². The summed E-state index contributed by atoms with van der Waals surface area (Å²) in [5.41, 5.74) is 2.54. The number of fused-ring (bicyclic) bond motifs is 2. The lowest BCUT2D eigenvalue weighted by Crippen LogP contribution is -2.29. The van der Waals surface area contributed by atoms with Crippen molar-refractivity contribution >= 4 is 52.5 Å². The standard InChI is InChI=1S/C24H17N3O4S/c28-21-10-11-32-20-9-8-14(12-19(20)26-21)22(29)25-15-4-3-5-16(13-15)27-23(30)17-6-1-2-7-18(17)24(27)31/h1-9,12-13H,10-11H2,(H,25,29)(H,26,28). The Hall–Kier alpha value is -3.91. The maximum Gasteiger partial charge on any atom is 0.266 e.